The van der Waals surface area contributed by atoms with E-state index in [0.717, 1.165) is 11.6 Å². The number of rotatable bonds is 7. The van der Waals surface area contributed by atoms with Crippen molar-refractivity contribution in [2.75, 3.05) is 0 Å². The van der Waals surface area contributed by atoms with Gasteiger partial charge in [0.25, 0.3) is 0 Å². The van der Waals surface area contributed by atoms with Crippen molar-refractivity contribution in [3.63, 3.8) is 0 Å². The van der Waals surface area contributed by atoms with E-state index in [0.29, 0.717) is 6.04 Å². The number of aromatic nitrogens is 1. The van der Waals surface area contributed by atoms with Gasteiger partial charge in [-0.1, -0.05) is 38.3 Å². The standard InChI is InChI=1S/C13H23ClN2/c1-4-6-12(7-5-2)15-9-13-8-11(14)10-16(13)3/h8,10,12,15H,4-7,9H2,1-3H3. The van der Waals surface area contributed by atoms with Crippen LogP contribution in [0.3, 0.4) is 0 Å². The molecule has 16 heavy (non-hydrogen) atoms. The topological polar surface area (TPSA) is 17.0 Å². The third-order valence-corrected chi connectivity index (χ3v) is 3.13. The van der Waals surface area contributed by atoms with Crippen molar-refractivity contribution in [2.24, 2.45) is 7.05 Å². The first-order valence-electron chi connectivity index (χ1n) is 6.21. The molecule has 2 nitrogen and oxygen atoms in total. The number of nitrogens with zero attached hydrogens (tertiary/aromatic N) is 1. The lowest BCUT2D eigenvalue weighted by molar-refractivity contribution is 0.437. The molecule has 0 aliphatic rings. The zero-order valence-electron chi connectivity index (χ0n) is 10.6. The third-order valence-electron chi connectivity index (χ3n) is 2.92. The molecule has 0 saturated heterocycles. The number of aryl methyl sites for hydroxylation is 1. The van der Waals surface area contributed by atoms with Crippen LogP contribution in [-0.2, 0) is 13.6 Å². The Morgan fingerprint density at radius 2 is 1.94 bits per heavy atom. The summed E-state index contributed by atoms with van der Waals surface area (Å²) in [6.07, 6.45) is 6.95. The van der Waals surface area contributed by atoms with Crippen LogP contribution in [-0.4, -0.2) is 10.6 Å². The molecular weight excluding hydrogens is 220 g/mol. The van der Waals surface area contributed by atoms with Gasteiger partial charge in [0.1, 0.15) is 0 Å². The molecule has 0 fully saturated rings. The van der Waals surface area contributed by atoms with Crippen molar-refractivity contribution in [2.45, 2.75) is 52.1 Å². The summed E-state index contributed by atoms with van der Waals surface area (Å²) in [5.41, 5.74) is 1.25. The van der Waals surface area contributed by atoms with Gasteiger partial charge in [0.2, 0.25) is 0 Å². The molecule has 0 radical (unpaired) electrons. The van der Waals surface area contributed by atoms with Gasteiger partial charge in [0.05, 0.1) is 5.02 Å². The van der Waals surface area contributed by atoms with Gasteiger partial charge in [-0.05, 0) is 18.9 Å². The molecule has 1 heterocycles. The van der Waals surface area contributed by atoms with Crippen molar-refractivity contribution in [3.8, 4) is 0 Å². The minimum absolute atomic E-state index is 0.642. The molecule has 0 aliphatic heterocycles. The lowest BCUT2D eigenvalue weighted by atomic mass is 10.1. The molecule has 0 aromatic carbocycles. The van der Waals surface area contributed by atoms with E-state index < -0.39 is 0 Å². The first-order valence-corrected chi connectivity index (χ1v) is 6.59. The highest BCUT2D eigenvalue weighted by Gasteiger charge is 2.07. The normalized spacial score (nSPS) is 11.3. The van der Waals surface area contributed by atoms with Crippen LogP contribution in [0.1, 0.15) is 45.2 Å². The molecule has 1 N–H and O–H groups in total. The quantitative estimate of drug-likeness (QED) is 0.771. The summed E-state index contributed by atoms with van der Waals surface area (Å²) in [6.45, 7) is 5.39. The fourth-order valence-corrected chi connectivity index (χ4v) is 2.31. The summed E-state index contributed by atoms with van der Waals surface area (Å²) >= 11 is 5.95. The van der Waals surface area contributed by atoms with Gasteiger partial charge in [-0.15, -0.1) is 0 Å². The van der Waals surface area contributed by atoms with Gasteiger partial charge in [-0.2, -0.15) is 0 Å². The maximum absolute atomic E-state index is 5.95. The second-order valence-electron chi connectivity index (χ2n) is 4.42. The van der Waals surface area contributed by atoms with Crippen LogP contribution in [0, 0.1) is 0 Å². The molecule has 0 unspecified atom stereocenters. The second kappa shape index (κ2) is 6.97. The van der Waals surface area contributed by atoms with Crippen LogP contribution in [0.15, 0.2) is 12.3 Å². The van der Waals surface area contributed by atoms with E-state index in [-0.39, 0.29) is 0 Å². The molecule has 0 bridgehead atoms. The Kier molecular flexibility index (Phi) is 5.93. The average molecular weight is 243 g/mol. The molecule has 0 saturated carbocycles. The van der Waals surface area contributed by atoms with E-state index in [1.807, 2.05) is 19.3 Å². The predicted molar refractivity (Wildman–Crippen MR) is 70.9 cm³/mol. The Morgan fingerprint density at radius 1 is 1.31 bits per heavy atom. The van der Waals surface area contributed by atoms with E-state index in [1.165, 1.54) is 31.4 Å². The molecule has 1 aromatic rings. The first kappa shape index (κ1) is 13.6. The van der Waals surface area contributed by atoms with E-state index in [1.54, 1.807) is 0 Å². The predicted octanol–water partition coefficient (Wildman–Crippen LogP) is 3.74. The van der Waals surface area contributed by atoms with Crippen LogP contribution in [0.5, 0.6) is 0 Å². The number of nitrogens with one attached hydrogen (secondary N) is 1. The van der Waals surface area contributed by atoms with Crippen LogP contribution in [0.2, 0.25) is 5.02 Å². The zero-order chi connectivity index (χ0) is 12.0. The summed E-state index contributed by atoms with van der Waals surface area (Å²) in [5.74, 6) is 0. The van der Waals surface area contributed by atoms with Gasteiger partial charge in [-0.25, -0.2) is 0 Å². The number of hydrogen-bond acceptors (Lipinski definition) is 1. The van der Waals surface area contributed by atoms with E-state index in [4.69, 9.17) is 11.6 Å². The maximum atomic E-state index is 5.95. The maximum Gasteiger partial charge on any atom is 0.0585 e. The molecule has 0 amide bonds. The third kappa shape index (κ3) is 4.18. The molecule has 0 aliphatic carbocycles. The van der Waals surface area contributed by atoms with Crippen molar-refractivity contribution in [3.05, 3.63) is 23.0 Å². The highest BCUT2D eigenvalue weighted by Crippen LogP contribution is 2.13. The van der Waals surface area contributed by atoms with E-state index >= 15 is 0 Å². The minimum Gasteiger partial charge on any atom is -0.352 e. The molecular formula is C13H23ClN2. The lowest BCUT2D eigenvalue weighted by Crippen LogP contribution is -2.28. The average Bonchev–Trinajstić information content (AvgIpc) is 2.54. The van der Waals surface area contributed by atoms with Crippen LogP contribution in [0.4, 0.5) is 0 Å². The number of hydrogen-bond donors (Lipinski definition) is 1. The van der Waals surface area contributed by atoms with Crippen LogP contribution in [0.25, 0.3) is 0 Å². The smallest absolute Gasteiger partial charge is 0.0585 e. The van der Waals surface area contributed by atoms with Crippen molar-refractivity contribution in [1.82, 2.24) is 9.88 Å². The highest BCUT2D eigenvalue weighted by molar-refractivity contribution is 6.30. The van der Waals surface area contributed by atoms with E-state index in [2.05, 4.69) is 23.7 Å². The molecule has 92 valence electrons. The monoisotopic (exact) mass is 242 g/mol. The van der Waals surface area contributed by atoms with Gasteiger partial charge in [-0.3, -0.25) is 0 Å². The van der Waals surface area contributed by atoms with E-state index in [9.17, 15) is 0 Å². The Balaban J connectivity index is 2.44. The molecule has 3 heteroatoms. The minimum atomic E-state index is 0.642. The Labute approximate surface area is 104 Å². The van der Waals surface area contributed by atoms with Crippen molar-refractivity contribution < 1.29 is 0 Å². The zero-order valence-corrected chi connectivity index (χ0v) is 11.3. The van der Waals surface area contributed by atoms with Gasteiger partial charge in [0, 0.05) is 31.5 Å². The fourth-order valence-electron chi connectivity index (χ4n) is 2.04. The largest absolute Gasteiger partial charge is 0.352 e. The lowest BCUT2D eigenvalue weighted by Gasteiger charge is -2.17. The Morgan fingerprint density at radius 3 is 2.38 bits per heavy atom. The summed E-state index contributed by atoms with van der Waals surface area (Å²) in [7, 11) is 2.04. The summed E-state index contributed by atoms with van der Waals surface area (Å²) < 4.78 is 2.09. The summed E-state index contributed by atoms with van der Waals surface area (Å²) in [6, 6.07) is 2.67. The molecule has 0 spiro atoms. The van der Waals surface area contributed by atoms with Gasteiger partial charge < -0.3 is 9.88 Å². The first-order chi connectivity index (χ1) is 7.67. The van der Waals surface area contributed by atoms with Crippen LogP contribution < -0.4 is 5.32 Å². The second-order valence-corrected chi connectivity index (χ2v) is 4.85. The molecule has 0 atom stereocenters. The number of halogens is 1. The fraction of sp³-hybridized carbons (Fsp3) is 0.692. The highest BCUT2D eigenvalue weighted by atomic mass is 35.5. The SMILES string of the molecule is CCCC(CCC)NCc1cc(Cl)cn1C. The van der Waals surface area contributed by atoms with Gasteiger partial charge in [0.15, 0.2) is 0 Å². The summed E-state index contributed by atoms with van der Waals surface area (Å²) in [5, 5.41) is 4.43. The molecule has 1 rings (SSSR count). The van der Waals surface area contributed by atoms with Crippen molar-refractivity contribution >= 4 is 11.6 Å². The Hall–Kier alpha value is -0.470. The summed E-state index contributed by atoms with van der Waals surface area (Å²) in [4.78, 5) is 0. The van der Waals surface area contributed by atoms with Crippen LogP contribution >= 0.6 is 11.6 Å². The van der Waals surface area contributed by atoms with Gasteiger partial charge >= 0.3 is 0 Å². The Bertz CT molecular complexity index is 301. The van der Waals surface area contributed by atoms with Crippen molar-refractivity contribution in [1.29, 1.82) is 0 Å². The molecule has 1 aromatic heterocycles.